The van der Waals surface area contributed by atoms with E-state index in [1.54, 1.807) is 0 Å². The molecule has 2 heterocycles. The summed E-state index contributed by atoms with van der Waals surface area (Å²) in [6.45, 7) is 0. The van der Waals surface area contributed by atoms with Crippen molar-refractivity contribution in [3.63, 3.8) is 0 Å². The van der Waals surface area contributed by atoms with Crippen molar-refractivity contribution in [3.05, 3.63) is 54.0 Å². The van der Waals surface area contributed by atoms with E-state index in [1.807, 2.05) is 5.32 Å². The quantitative estimate of drug-likeness (QED) is 0.561. The normalized spacial score (nSPS) is 21.5. The maximum absolute atomic E-state index is 12.4. The number of amides is 3. The number of furan rings is 1. The van der Waals surface area contributed by atoms with Gasteiger partial charge in [0, 0.05) is 5.56 Å². The largest absolute Gasteiger partial charge is 0.466 e. The van der Waals surface area contributed by atoms with Gasteiger partial charge in [-0.15, -0.1) is 0 Å². The fraction of sp³-hybridized carbons (Fsp3) is 0.0769. The molecule has 1 fully saturated rings. The van der Waals surface area contributed by atoms with Crippen LogP contribution in [0.15, 0.2) is 52.0 Å². The molecule has 0 radical (unpaired) electrons. The third kappa shape index (κ3) is 1.98. The molecule has 2 aromatic rings. The van der Waals surface area contributed by atoms with Crippen LogP contribution in [0, 0.1) is 0 Å². The summed E-state index contributed by atoms with van der Waals surface area (Å²) in [4.78, 5) is 23.5. The molecule has 0 spiro atoms. The van der Waals surface area contributed by atoms with Crippen LogP contribution in [0.3, 0.4) is 0 Å². The van der Waals surface area contributed by atoms with E-state index in [-0.39, 0.29) is 11.3 Å². The van der Waals surface area contributed by atoms with Gasteiger partial charge in [0.1, 0.15) is 10.7 Å². The fourth-order valence-electron chi connectivity index (χ4n) is 2.44. The first-order valence-electron chi connectivity index (χ1n) is 6.10. The first-order chi connectivity index (χ1) is 10.4. The lowest BCUT2D eigenvalue weighted by molar-refractivity contribution is -0.123. The van der Waals surface area contributed by atoms with Crippen LogP contribution in [0.25, 0.3) is 0 Å². The third-order valence-corrected chi connectivity index (χ3v) is 4.24. The highest BCUT2D eigenvalue weighted by Gasteiger charge is 2.53. The predicted molar refractivity (Wildman–Crippen MR) is 72.4 cm³/mol. The predicted octanol–water partition coefficient (Wildman–Crippen LogP) is 0.609. The summed E-state index contributed by atoms with van der Waals surface area (Å²) in [6, 6.07) is 7.43. The van der Waals surface area contributed by atoms with E-state index in [9.17, 15) is 22.6 Å². The number of rotatable bonds is 3. The molecule has 3 amide bonds. The average molecular weight is 322 g/mol. The van der Waals surface area contributed by atoms with Gasteiger partial charge in [0.15, 0.2) is 0 Å². The molecule has 3 N–H and O–H groups in total. The van der Waals surface area contributed by atoms with Gasteiger partial charge in [-0.25, -0.2) is 4.79 Å². The fourth-order valence-corrected chi connectivity index (χ4v) is 3.19. The lowest BCUT2D eigenvalue weighted by atomic mass is 9.87. The summed E-state index contributed by atoms with van der Waals surface area (Å²) in [5.74, 6) is -0.782. The molecule has 1 unspecified atom stereocenters. The van der Waals surface area contributed by atoms with Crippen molar-refractivity contribution < 1.29 is 27.0 Å². The number of imide groups is 1. The first kappa shape index (κ1) is 14.3. The summed E-state index contributed by atoms with van der Waals surface area (Å²) in [5.41, 5.74) is -1.98. The van der Waals surface area contributed by atoms with Gasteiger partial charge in [0.05, 0.1) is 6.26 Å². The van der Waals surface area contributed by atoms with Gasteiger partial charge >= 0.3 is 6.03 Å². The Morgan fingerprint density at radius 1 is 1.09 bits per heavy atom. The maximum Gasteiger partial charge on any atom is 0.322 e. The smallest absolute Gasteiger partial charge is 0.322 e. The Morgan fingerprint density at radius 3 is 2.36 bits per heavy atom. The van der Waals surface area contributed by atoms with Crippen LogP contribution < -0.4 is 10.6 Å². The lowest BCUT2D eigenvalue weighted by Gasteiger charge is -2.25. The van der Waals surface area contributed by atoms with Gasteiger partial charge in [0.2, 0.25) is 5.54 Å². The van der Waals surface area contributed by atoms with Crippen LogP contribution in [0.1, 0.15) is 11.3 Å². The average Bonchev–Trinajstić information content (AvgIpc) is 3.06. The molecule has 9 heteroatoms. The number of urea groups is 1. The van der Waals surface area contributed by atoms with E-state index in [4.69, 9.17) is 4.42 Å². The van der Waals surface area contributed by atoms with Crippen LogP contribution in [-0.2, 0) is 20.5 Å². The molecule has 0 saturated carbocycles. The minimum atomic E-state index is -4.61. The number of benzene rings is 1. The van der Waals surface area contributed by atoms with Gasteiger partial charge in [-0.3, -0.25) is 14.7 Å². The van der Waals surface area contributed by atoms with Crippen molar-refractivity contribution in [1.82, 2.24) is 10.6 Å². The number of nitrogens with one attached hydrogen (secondary N) is 2. The van der Waals surface area contributed by atoms with Crippen molar-refractivity contribution in [2.75, 3.05) is 0 Å². The molecule has 0 bridgehead atoms. The van der Waals surface area contributed by atoms with Gasteiger partial charge in [-0.2, -0.15) is 8.42 Å². The molecule has 1 aliphatic rings. The molecule has 1 atom stereocenters. The van der Waals surface area contributed by atoms with E-state index < -0.39 is 32.5 Å². The maximum atomic E-state index is 12.4. The van der Waals surface area contributed by atoms with Crippen LogP contribution >= 0.6 is 0 Å². The van der Waals surface area contributed by atoms with Crippen molar-refractivity contribution in [3.8, 4) is 0 Å². The molecule has 1 aromatic heterocycles. The Kier molecular flexibility index (Phi) is 3.04. The molecule has 1 saturated heterocycles. The van der Waals surface area contributed by atoms with Crippen molar-refractivity contribution in [2.24, 2.45) is 0 Å². The molecule has 114 valence electrons. The molecular weight excluding hydrogens is 312 g/mol. The number of carbonyl (C=O) groups excluding carboxylic acids is 2. The second kappa shape index (κ2) is 4.68. The van der Waals surface area contributed by atoms with E-state index >= 15 is 0 Å². The Labute approximate surface area is 124 Å². The summed E-state index contributed by atoms with van der Waals surface area (Å²) in [7, 11) is -4.61. The highest BCUT2D eigenvalue weighted by Crippen LogP contribution is 2.36. The van der Waals surface area contributed by atoms with E-state index in [0.29, 0.717) is 0 Å². The number of hydrogen-bond acceptors (Lipinski definition) is 5. The van der Waals surface area contributed by atoms with Crippen molar-refractivity contribution in [1.29, 1.82) is 0 Å². The number of hydrogen-bond donors (Lipinski definition) is 3. The Bertz CT molecular complexity index is 858. The topological polar surface area (TPSA) is 126 Å². The summed E-state index contributed by atoms with van der Waals surface area (Å²) in [5, 5.41) is 4.43. The summed E-state index contributed by atoms with van der Waals surface area (Å²) in [6.07, 6.45) is 1.28. The Balaban J connectivity index is 2.35. The van der Waals surface area contributed by atoms with Crippen molar-refractivity contribution in [2.45, 2.75) is 10.4 Å². The zero-order chi connectivity index (χ0) is 16.0. The second-order valence-corrected chi connectivity index (χ2v) is 6.00. The molecular formula is C13H10N2O6S. The lowest BCUT2D eigenvalue weighted by Crippen LogP contribution is -2.45. The highest BCUT2D eigenvalue weighted by molar-refractivity contribution is 7.85. The van der Waals surface area contributed by atoms with Crippen LogP contribution in [0.4, 0.5) is 4.79 Å². The van der Waals surface area contributed by atoms with Crippen LogP contribution in [0.5, 0.6) is 0 Å². The van der Waals surface area contributed by atoms with Gasteiger partial charge < -0.3 is 9.73 Å². The molecule has 3 rings (SSSR count). The minimum absolute atomic E-state index is 0.0203. The second-order valence-electron chi connectivity index (χ2n) is 4.61. The minimum Gasteiger partial charge on any atom is -0.466 e. The summed E-state index contributed by atoms with van der Waals surface area (Å²) < 4.78 is 37.8. The van der Waals surface area contributed by atoms with Gasteiger partial charge in [0.25, 0.3) is 16.0 Å². The zero-order valence-corrected chi connectivity index (χ0v) is 11.8. The molecule has 1 aliphatic heterocycles. The van der Waals surface area contributed by atoms with Crippen LogP contribution in [-0.4, -0.2) is 24.9 Å². The Hall–Kier alpha value is -2.65. The monoisotopic (exact) mass is 322 g/mol. The zero-order valence-electron chi connectivity index (χ0n) is 10.9. The standard InChI is InChI=1S/C13H10N2O6S/c16-11-13(15-12(17)14-11,10-6-3-7-21-10)8-4-1-2-5-9(8)22(18,19)20/h1-7H,(H,18,19,20)(H2,14,15,16,17). The molecule has 1 aromatic carbocycles. The SMILES string of the molecule is O=C1NC(=O)C(c2ccco2)(c2ccccc2S(=O)(=O)O)N1. The van der Waals surface area contributed by atoms with E-state index in [2.05, 4.69) is 5.32 Å². The molecule has 8 nitrogen and oxygen atoms in total. The third-order valence-electron chi connectivity index (χ3n) is 3.33. The highest BCUT2D eigenvalue weighted by atomic mass is 32.2. The molecule has 0 aliphatic carbocycles. The van der Waals surface area contributed by atoms with Gasteiger partial charge in [-0.1, -0.05) is 18.2 Å². The molecule has 22 heavy (non-hydrogen) atoms. The van der Waals surface area contributed by atoms with E-state index in [1.165, 1.54) is 36.6 Å². The first-order valence-corrected chi connectivity index (χ1v) is 7.54. The Morgan fingerprint density at radius 2 is 1.82 bits per heavy atom. The summed E-state index contributed by atoms with van der Waals surface area (Å²) >= 11 is 0. The van der Waals surface area contributed by atoms with E-state index in [0.717, 1.165) is 6.07 Å². The van der Waals surface area contributed by atoms with Crippen LogP contribution in [0.2, 0.25) is 0 Å². The van der Waals surface area contributed by atoms with Crippen molar-refractivity contribution >= 4 is 22.1 Å². The number of carbonyl (C=O) groups is 2. The van der Waals surface area contributed by atoms with Gasteiger partial charge in [-0.05, 0) is 18.2 Å².